The fourth-order valence-electron chi connectivity index (χ4n) is 3.60. The maximum absolute atomic E-state index is 12.8. The summed E-state index contributed by atoms with van der Waals surface area (Å²) in [5.74, 6) is -0.297. The summed E-state index contributed by atoms with van der Waals surface area (Å²) in [5, 5.41) is 12.5. The first kappa shape index (κ1) is 23.9. The minimum absolute atomic E-state index is 0.00664. The van der Waals surface area contributed by atoms with Gasteiger partial charge in [0.25, 0.3) is 5.91 Å². The monoisotopic (exact) mass is 420 g/mol. The van der Waals surface area contributed by atoms with Gasteiger partial charge >= 0.3 is 0 Å². The third-order valence-electron chi connectivity index (χ3n) is 5.28. The molecule has 1 heterocycles. The fourth-order valence-corrected chi connectivity index (χ4v) is 3.60. The molecular formula is C25H32N4O2. The van der Waals surface area contributed by atoms with Crippen LogP contribution in [0.15, 0.2) is 29.8 Å². The van der Waals surface area contributed by atoms with Crippen molar-refractivity contribution in [1.82, 2.24) is 9.47 Å². The number of hydrogen-bond acceptors (Lipinski definition) is 3. The Bertz CT molecular complexity index is 1030. The summed E-state index contributed by atoms with van der Waals surface area (Å²) in [4.78, 5) is 26.6. The molecule has 2 aromatic rings. The Morgan fingerprint density at radius 2 is 1.81 bits per heavy atom. The van der Waals surface area contributed by atoms with Crippen LogP contribution >= 0.6 is 0 Å². The van der Waals surface area contributed by atoms with Crippen molar-refractivity contribution >= 4 is 23.6 Å². The van der Waals surface area contributed by atoms with Gasteiger partial charge in [0.2, 0.25) is 5.91 Å². The van der Waals surface area contributed by atoms with Crippen molar-refractivity contribution in [1.29, 1.82) is 5.26 Å². The van der Waals surface area contributed by atoms with Gasteiger partial charge in [-0.2, -0.15) is 5.26 Å². The lowest BCUT2D eigenvalue weighted by molar-refractivity contribution is -0.129. The zero-order chi connectivity index (χ0) is 23.3. The first-order chi connectivity index (χ1) is 14.5. The molecule has 1 aromatic heterocycles. The Labute approximate surface area is 185 Å². The van der Waals surface area contributed by atoms with Gasteiger partial charge in [-0.25, -0.2) is 0 Å². The van der Waals surface area contributed by atoms with E-state index in [0.717, 1.165) is 40.3 Å². The van der Waals surface area contributed by atoms with Gasteiger partial charge in [-0.05, 0) is 62.4 Å². The van der Waals surface area contributed by atoms with Crippen molar-refractivity contribution in [2.24, 2.45) is 5.92 Å². The molecule has 0 fully saturated rings. The number of nitrogens with zero attached hydrogens (tertiary/aromatic N) is 3. The summed E-state index contributed by atoms with van der Waals surface area (Å²) < 4.78 is 2.19. The summed E-state index contributed by atoms with van der Waals surface area (Å²) >= 11 is 0. The van der Waals surface area contributed by atoms with E-state index in [-0.39, 0.29) is 18.0 Å². The van der Waals surface area contributed by atoms with E-state index in [1.807, 2.05) is 58.0 Å². The molecule has 0 unspecified atom stereocenters. The molecule has 0 atom stereocenters. The molecule has 0 spiro atoms. The van der Waals surface area contributed by atoms with Crippen molar-refractivity contribution in [2.75, 3.05) is 18.9 Å². The highest BCUT2D eigenvalue weighted by atomic mass is 16.2. The Morgan fingerprint density at radius 3 is 2.35 bits per heavy atom. The molecule has 0 bridgehead atoms. The molecule has 0 saturated carbocycles. The first-order valence-corrected chi connectivity index (χ1v) is 10.4. The van der Waals surface area contributed by atoms with Crippen LogP contribution < -0.4 is 5.32 Å². The van der Waals surface area contributed by atoms with Gasteiger partial charge in [-0.3, -0.25) is 9.59 Å². The van der Waals surface area contributed by atoms with Gasteiger partial charge in [0.15, 0.2) is 0 Å². The van der Waals surface area contributed by atoms with Gasteiger partial charge in [0.1, 0.15) is 11.6 Å². The SMILES string of the molecule is Cc1cccc(C)c1NC(=O)CN(C)C(=O)/C(C#N)=C/c1cc(C)n(CC(C)C)c1C. The number of nitriles is 1. The van der Waals surface area contributed by atoms with Crippen LogP contribution in [0.4, 0.5) is 5.69 Å². The van der Waals surface area contributed by atoms with E-state index in [1.54, 1.807) is 6.08 Å². The zero-order valence-corrected chi connectivity index (χ0v) is 19.5. The predicted octanol–water partition coefficient (Wildman–Crippen LogP) is 4.38. The van der Waals surface area contributed by atoms with E-state index in [4.69, 9.17) is 0 Å². The van der Waals surface area contributed by atoms with Crippen molar-refractivity contribution in [3.8, 4) is 6.07 Å². The highest BCUT2D eigenvalue weighted by Crippen LogP contribution is 2.21. The number of benzene rings is 1. The maximum Gasteiger partial charge on any atom is 0.264 e. The van der Waals surface area contributed by atoms with Gasteiger partial charge in [-0.15, -0.1) is 0 Å². The molecule has 6 heteroatoms. The second kappa shape index (κ2) is 10.1. The summed E-state index contributed by atoms with van der Waals surface area (Å²) in [6, 6.07) is 9.75. The number of carbonyl (C=O) groups is 2. The number of anilines is 1. The Balaban J connectivity index is 2.17. The molecule has 164 valence electrons. The predicted molar refractivity (Wildman–Crippen MR) is 125 cm³/mol. The molecule has 1 aromatic carbocycles. The minimum Gasteiger partial charge on any atom is -0.348 e. The van der Waals surface area contributed by atoms with E-state index < -0.39 is 5.91 Å². The Kier molecular flexibility index (Phi) is 7.82. The Morgan fingerprint density at radius 1 is 1.19 bits per heavy atom. The van der Waals surface area contributed by atoms with Gasteiger partial charge < -0.3 is 14.8 Å². The normalized spacial score (nSPS) is 11.4. The molecule has 0 radical (unpaired) electrons. The van der Waals surface area contributed by atoms with Crippen molar-refractivity contribution in [3.05, 3.63) is 57.9 Å². The highest BCUT2D eigenvalue weighted by molar-refractivity contribution is 6.04. The van der Waals surface area contributed by atoms with Crippen LogP contribution in [0.1, 0.15) is 41.9 Å². The number of carbonyl (C=O) groups excluding carboxylic acids is 2. The topological polar surface area (TPSA) is 78.1 Å². The number of aromatic nitrogens is 1. The number of amides is 2. The lowest BCUT2D eigenvalue weighted by atomic mass is 10.1. The average Bonchev–Trinajstić information content (AvgIpc) is 2.95. The molecule has 31 heavy (non-hydrogen) atoms. The first-order valence-electron chi connectivity index (χ1n) is 10.4. The molecule has 0 aliphatic rings. The van der Waals surface area contributed by atoms with Crippen LogP contribution in [-0.2, 0) is 16.1 Å². The summed E-state index contributed by atoms with van der Waals surface area (Å²) in [6.45, 7) is 12.9. The number of rotatable bonds is 7. The number of aryl methyl sites for hydroxylation is 3. The second-order valence-corrected chi connectivity index (χ2v) is 8.48. The van der Waals surface area contributed by atoms with Crippen LogP contribution in [0.5, 0.6) is 0 Å². The lowest BCUT2D eigenvalue weighted by Crippen LogP contribution is -2.35. The quantitative estimate of drug-likeness (QED) is 0.533. The van der Waals surface area contributed by atoms with Crippen molar-refractivity contribution < 1.29 is 9.59 Å². The third-order valence-corrected chi connectivity index (χ3v) is 5.28. The van der Waals surface area contributed by atoms with Crippen LogP contribution in [0.3, 0.4) is 0 Å². The Hall–Kier alpha value is -3.33. The standard InChI is InChI=1S/C25H32N4O2/c1-16(2)14-29-19(5)11-21(20(29)6)12-22(13-26)25(31)28(7)15-23(30)27-24-17(3)9-8-10-18(24)4/h8-12,16H,14-15H2,1-7H3,(H,27,30)/b22-12+. The summed E-state index contributed by atoms with van der Waals surface area (Å²) in [7, 11) is 1.53. The largest absolute Gasteiger partial charge is 0.348 e. The van der Waals surface area contributed by atoms with Crippen LogP contribution in [0.2, 0.25) is 0 Å². The van der Waals surface area contributed by atoms with Gasteiger partial charge in [0, 0.05) is 30.7 Å². The minimum atomic E-state index is -0.479. The van der Waals surface area contributed by atoms with E-state index in [1.165, 1.54) is 11.9 Å². The van der Waals surface area contributed by atoms with Crippen LogP contribution in [-0.4, -0.2) is 34.9 Å². The summed E-state index contributed by atoms with van der Waals surface area (Å²) in [5.41, 5.74) is 5.62. The fraction of sp³-hybridized carbons (Fsp3) is 0.400. The molecule has 0 aliphatic carbocycles. The molecular weight excluding hydrogens is 388 g/mol. The van der Waals surface area contributed by atoms with E-state index in [9.17, 15) is 14.9 Å². The van der Waals surface area contributed by atoms with Crippen LogP contribution in [0.25, 0.3) is 6.08 Å². The van der Waals surface area contributed by atoms with Crippen LogP contribution in [0, 0.1) is 44.9 Å². The van der Waals surface area contributed by atoms with Gasteiger partial charge in [-0.1, -0.05) is 32.0 Å². The van der Waals surface area contributed by atoms with Crippen molar-refractivity contribution in [3.63, 3.8) is 0 Å². The number of hydrogen-bond donors (Lipinski definition) is 1. The third kappa shape index (κ3) is 5.85. The molecule has 0 aliphatic heterocycles. The second-order valence-electron chi connectivity index (χ2n) is 8.48. The van der Waals surface area contributed by atoms with Gasteiger partial charge in [0.05, 0.1) is 6.54 Å². The van der Waals surface area contributed by atoms with Crippen molar-refractivity contribution in [2.45, 2.75) is 48.1 Å². The molecule has 2 rings (SSSR count). The van der Waals surface area contributed by atoms with E-state index in [0.29, 0.717) is 5.92 Å². The smallest absolute Gasteiger partial charge is 0.264 e. The molecule has 1 N–H and O–H groups in total. The number of nitrogens with one attached hydrogen (secondary N) is 1. The molecule has 2 amide bonds. The number of likely N-dealkylation sites (N-methyl/N-ethyl adjacent to an activating group) is 1. The zero-order valence-electron chi connectivity index (χ0n) is 19.5. The molecule has 0 saturated heterocycles. The molecule has 6 nitrogen and oxygen atoms in total. The maximum atomic E-state index is 12.8. The highest BCUT2D eigenvalue weighted by Gasteiger charge is 2.19. The van der Waals surface area contributed by atoms with E-state index >= 15 is 0 Å². The average molecular weight is 421 g/mol. The summed E-state index contributed by atoms with van der Waals surface area (Å²) in [6.07, 6.45) is 1.61. The number of para-hydroxylation sites is 1. The van der Waals surface area contributed by atoms with E-state index in [2.05, 4.69) is 23.7 Å². The lowest BCUT2D eigenvalue weighted by Gasteiger charge is -2.18.